The van der Waals surface area contributed by atoms with Crippen molar-refractivity contribution in [2.45, 2.75) is 25.8 Å². The summed E-state index contributed by atoms with van der Waals surface area (Å²) in [7, 11) is 3.09. The van der Waals surface area contributed by atoms with Crippen LogP contribution in [0.15, 0.2) is 12.1 Å². The van der Waals surface area contributed by atoms with Gasteiger partial charge < -0.3 is 20.3 Å². The molecule has 0 saturated carbocycles. The number of benzene rings is 1. The van der Waals surface area contributed by atoms with Gasteiger partial charge in [0.05, 0.1) is 19.8 Å². The van der Waals surface area contributed by atoms with E-state index >= 15 is 0 Å². The second-order valence-electron chi connectivity index (χ2n) is 3.66. The number of hydrogen-bond acceptors (Lipinski definition) is 4. The molecule has 1 aromatic carbocycles. The number of phenolic OH excluding ortho intramolecular Hbond substituents is 1. The normalized spacial score (nSPS) is 12.2. The van der Waals surface area contributed by atoms with Crippen LogP contribution in [0.4, 0.5) is 0 Å². The number of rotatable bonds is 5. The van der Waals surface area contributed by atoms with Gasteiger partial charge in [-0.2, -0.15) is 0 Å². The second kappa shape index (κ2) is 5.61. The molecule has 0 aliphatic rings. The van der Waals surface area contributed by atoms with Crippen molar-refractivity contribution in [2.75, 3.05) is 14.2 Å². The summed E-state index contributed by atoms with van der Waals surface area (Å²) in [6.07, 6.45) is 1.76. The predicted molar refractivity (Wildman–Crippen MR) is 63.0 cm³/mol. The molecule has 0 unspecified atom stereocenters. The molecule has 1 rings (SSSR count). The lowest BCUT2D eigenvalue weighted by Crippen LogP contribution is -2.11. The molecule has 0 aromatic heterocycles. The molecule has 4 heteroatoms. The monoisotopic (exact) mass is 225 g/mol. The largest absolute Gasteiger partial charge is 0.507 e. The van der Waals surface area contributed by atoms with Gasteiger partial charge in [-0.3, -0.25) is 0 Å². The van der Waals surface area contributed by atoms with Gasteiger partial charge in [0, 0.05) is 18.2 Å². The highest BCUT2D eigenvalue weighted by Gasteiger charge is 2.17. The van der Waals surface area contributed by atoms with Gasteiger partial charge in [0.2, 0.25) is 0 Å². The maximum atomic E-state index is 9.89. The molecule has 0 bridgehead atoms. The average Bonchev–Trinajstić information content (AvgIpc) is 2.27. The number of methoxy groups -OCH3 is 2. The highest BCUT2D eigenvalue weighted by molar-refractivity contribution is 5.51. The van der Waals surface area contributed by atoms with Gasteiger partial charge >= 0.3 is 0 Å². The predicted octanol–water partition coefficient (Wildman–Crippen LogP) is 2.21. The van der Waals surface area contributed by atoms with Gasteiger partial charge in [0.1, 0.15) is 17.2 Å². The van der Waals surface area contributed by atoms with Crippen molar-refractivity contribution in [3.8, 4) is 17.2 Å². The highest BCUT2D eigenvalue weighted by atomic mass is 16.5. The molecule has 0 fully saturated rings. The van der Waals surface area contributed by atoms with Crippen molar-refractivity contribution >= 4 is 0 Å². The Balaban J connectivity index is 3.15. The van der Waals surface area contributed by atoms with Crippen LogP contribution in [0.3, 0.4) is 0 Å². The Morgan fingerprint density at radius 2 is 2.00 bits per heavy atom. The molecular weight excluding hydrogens is 206 g/mol. The first-order valence-electron chi connectivity index (χ1n) is 5.34. The van der Waals surface area contributed by atoms with E-state index in [2.05, 4.69) is 0 Å². The van der Waals surface area contributed by atoms with Crippen LogP contribution >= 0.6 is 0 Å². The van der Waals surface area contributed by atoms with E-state index in [9.17, 15) is 5.11 Å². The van der Waals surface area contributed by atoms with Crippen LogP contribution < -0.4 is 15.2 Å². The SMILES string of the molecule is CCC[C@@H](N)c1c(O)cc(OC)cc1OC. The van der Waals surface area contributed by atoms with Crippen LogP contribution in [-0.4, -0.2) is 19.3 Å². The fourth-order valence-corrected chi connectivity index (χ4v) is 1.70. The molecule has 0 aliphatic carbocycles. The van der Waals surface area contributed by atoms with Crippen LogP contribution in [0.25, 0.3) is 0 Å². The summed E-state index contributed by atoms with van der Waals surface area (Å²) in [6.45, 7) is 2.05. The van der Waals surface area contributed by atoms with Gasteiger partial charge in [-0.05, 0) is 6.42 Å². The minimum atomic E-state index is -0.217. The number of ether oxygens (including phenoxy) is 2. The van der Waals surface area contributed by atoms with E-state index in [4.69, 9.17) is 15.2 Å². The molecule has 4 nitrogen and oxygen atoms in total. The molecule has 16 heavy (non-hydrogen) atoms. The fraction of sp³-hybridized carbons (Fsp3) is 0.500. The molecule has 90 valence electrons. The maximum absolute atomic E-state index is 9.89. The number of nitrogens with two attached hydrogens (primary N) is 1. The lowest BCUT2D eigenvalue weighted by Gasteiger charge is -2.17. The second-order valence-corrected chi connectivity index (χ2v) is 3.66. The molecular formula is C12H19NO3. The minimum absolute atomic E-state index is 0.122. The molecule has 0 saturated heterocycles. The first kappa shape index (κ1) is 12.6. The summed E-state index contributed by atoms with van der Waals surface area (Å²) >= 11 is 0. The lowest BCUT2D eigenvalue weighted by atomic mass is 10.0. The topological polar surface area (TPSA) is 64.7 Å². The summed E-state index contributed by atoms with van der Waals surface area (Å²) in [5.41, 5.74) is 6.64. The quantitative estimate of drug-likeness (QED) is 0.806. The number of phenols is 1. The van der Waals surface area contributed by atoms with Gasteiger partial charge in [-0.1, -0.05) is 13.3 Å². The Hall–Kier alpha value is -1.42. The third-order valence-electron chi connectivity index (χ3n) is 2.52. The zero-order valence-electron chi connectivity index (χ0n) is 9.99. The molecule has 1 aromatic rings. The van der Waals surface area contributed by atoms with Crippen LogP contribution in [0.5, 0.6) is 17.2 Å². The molecule has 0 spiro atoms. The molecule has 0 radical (unpaired) electrons. The van der Waals surface area contributed by atoms with E-state index < -0.39 is 0 Å². The molecule has 0 heterocycles. The van der Waals surface area contributed by atoms with Crippen molar-refractivity contribution in [1.82, 2.24) is 0 Å². The fourth-order valence-electron chi connectivity index (χ4n) is 1.70. The Morgan fingerprint density at radius 1 is 1.31 bits per heavy atom. The summed E-state index contributed by atoms with van der Waals surface area (Å²) in [5.74, 6) is 1.25. The highest BCUT2D eigenvalue weighted by Crippen LogP contribution is 2.37. The molecule has 0 amide bonds. The van der Waals surface area contributed by atoms with Crippen molar-refractivity contribution in [3.05, 3.63) is 17.7 Å². The Labute approximate surface area is 96.0 Å². The van der Waals surface area contributed by atoms with Gasteiger partial charge in [-0.15, -0.1) is 0 Å². The third-order valence-corrected chi connectivity index (χ3v) is 2.52. The van der Waals surface area contributed by atoms with Crippen molar-refractivity contribution in [1.29, 1.82) is 0 Å². The van der Waals surface area contributed by atoms with E-state index in [1.165, 1.54) is 0 Å². The van der Waals surface area contributed by atoms with E-state index in [0.29, 0.717) is 17.1 Å². The summed E-state index contributed by atoms with van der Waals surface area (Å²) < 4.78 is 10.3. The number of aromatic hydroxyl groups is 1. The zero-order valence-corrected chi connectivity index (χ0v) is 9.99. The standard InChI is InChI=1S/C12H19NO3/c1-4-5-9(13)12-10(14)6-8(15-2)7-11(12)16-3/h6-7,9,14H,4-5,13H2,1-3H3/t9-/m1/s1. The Morgan fingerprint density at radius 3 is 2.50 bits per heavy atom. The Bertz CT molecular complexity index is 352. The zero-order chi connectivity index (χ0) is 12.1. The van der Waals surface area contributed by atoms with Gasteiger partial charge in [0.15, 0.2) is 0 Å². The molecule has 1 atom stereocenters. The van der Waals surface area contributed by atoms with Crippen molar-refractivity contribution in [3.63, 3.8) is 0 Å². The van der Waals surface area contributed by atoms with Crippen molar-refractivity contribution in [2.24, 2.45) is 5.73 Å². The lowest BCUT2D eigenvalue weighted by molar-refractivity contribution is 0.373. The average molecular weight is 225 g/mol. The van der Waals surface area contributed by atoms with E-state index in [1.54, 1.807) is 26.4 Å². The number of hydrogen-bond donors (Lipinski definition) is 2. The van der Waals surface area contributed by atoms with Crippen LogP contribution in [0.1, 0.15) is 31.4 Å². The Kier molecular flexibility index (Phi) is 4.43. The minimum Gasteiger partial charge on any atom is -0.507 e. The maximum Gasteiger partial charge on any atom is 0.131 e. The third kappa shape index (κ3) is 2.58. The van der Waals surface area contributed by atoms with E-state index in [0.717, 1.165) is 12.8 Å². The van der Waals surface area contributed by atoms with Crippen molar-refractivity contribution < 1.29 is 14.6 Å². The molecule has 3 N–H and O–H groups in total. The first-order valence-corrected chi connectivity index (χ1v) is 5.34. The summed E-state index contributed by atoms with van der Waals surface area (Å²) in [4.78, 5) is 0. The van der Waals surface area contributed by atoms with Gasteiger partial charge in [-0.25, -0.2) is 0 Å². The summed E-state index contributed by atoms with van der Waals surface area (Å²) in [5, 5.41) is 9.89. The molecule has 0 aliphatic heterocycles. The van der Waals surface area contributed by atoms with Crippen LogP contribution in [0, 0.1) is 0 Å². The first-order chi connectivity index (χ1) is 7.63. The van der Waals surface area contributed by atoms with Crippen LogP contribution in [0.2, 0.25) is 0 Å². The van der Waals surface area contributed by atoms with Gasteiger partial charge in [0.25, 0.3) is 0 Å². The van der Waals surface area contributed by atoms with E-state index in [1.807, 2.05) is 6.92 Å². The van der Waals surface area contributed by atoms with Crippen LogP contribution in [-0.2, 0) is 0 Å². The smallest absolute Gasteiger partial charge is 0.131 e. The summed E-state index contributed by atoms with van der Waals surface area (Å²) in [6, 6.07) is 3.06. The van der Waals surface area contributed by atoms with E-state index in [-0.39, 0.29) is 11.8 Å².